The Kier molecular flexibility index (Phi) is 6.18. The van der Waals surface area contributed by atoms with Gasteiger partial charge in [0.1, 0.15) is 0 Å². The number of hydrogen-bond acceptors (Lipinski definition) is 4. The maximum Gasteiger partial charge on any atom is 0.256 e. The van der Waals surface area contributed by atoms with Gasteiger partial charge >= 0.3 is 0 Å². The first-order valence-electron chi connectivity index (χ1n) is 9.92. The molecule has 31 heavy (non-hydrogen) atoms. The lowest BCUT2D eigenvalue weighted by Crippen LogP contribution is -2.38. The van der Waals surface area contributed by atoms with Crippen molar-refractivity contribution >= 4 is 29.1 Å². The van der Waals surface area contributed by atoms with Crippen molar-refractivity contribution in [1.82, 2.24) is 20.1 Å². The van der Waals surface area contributed by atoms with E-state index in [0.29, 0.717) is 38.2 Å². The maximum atomic E-state index is 14.2. The number of nitrogens with zero attached hydrogens (tertiary/aromatic N) is 3. The van der Waals surface area contributed by atoms with Crippen molar-refractivity contribution in [2.24, 2.45) is 0 Å². The summed E-state index contributed by atoms with van der Waals surface area (Å²) in [4.78, 5) is 18.7. The summed E-state index contributed by atoms with van der Waals surface area (Å²) < 4.78 is 28.3. The molecule has 1 aromatic carbocycles. The fourth-order valence-electron chi connectivity index (χ4n) is 3.57. The van der Waals surface area contributed by atoms with Gasteiger partial charge in [-0.25, -0.2) is 13.8 Å². The largest absolute Gasteiger partial charge is 0.339 e. The highest BCUT2D eigenvalue weighted by Crippen LogP contribution is 2.27. The number of rotatable bonds is 5. The number of aryl methyl sites for hydroxylation is 1. The first-order valence-corrected chi connectivity index (χ1v) is 10.3. The molecule has 1 aliphatic rings. The first-order chi connectivity index (χ1) is 14.9. The van der Waals surface area contributed by atoms with Gasteiger partial charge in [-0.05, 0) is 56.4 Å². The third-order valence-corrected chi connectivity index (χ3v) is 5.52. The second kappa shape index (κ2) is 9.01. The van der Waals surface area contributed by atoms with E-state index in [2.05, 4.69) is 20.5 Å². The number of likely N-dealkylation sites (tertiary alicyclic amines) is 1. The zero-order valence-electron chi connectivity index (χ0n) is 16.9. The molecule has 0 aliphatic carbocycles. The standard InChI is InChI=1S/C22H21ClF2N5O/c1-13-11-19(29-28-13)27-21-18(24)6-5-15(26-21)12-14-7-9-30(10-8-14)22(31)16-3-2-4-17(23)20(16)25/h2-6,11H,7-10,12H2,1H3,(H2,26,27,28,29). The Morgan fingerprint density at radius 2 is 2.00 bits per heavy atom. The molecule has 1 saturated heterocycles. The summed E-state index contributed by atoms with van der Waals surface area (Å²) in [5, 5.41) is 9.65. The highest BCUT2D eigenvalue weighted by atomic mass is 35.5. The molecule has 4 rings (SSSR count). The summed E-state index contributed by atoms with van der Waals surface area (Å²) in [6.45, 7) is 2.82. The molecule has 0 unspecified atom stereocenters. The van der Waals surface area contributed by atoms with Crippen LogP contribution in [0.25, 0.3) is 0 Å². The van der Waals surface area contributed by atoms with Crippen LogP contribution in [-0.2, 0) is 6.42 Å². The van der Waals surface area contributed by atoms with Crippen molar-refractivity contribution in [3.8, 4) is 0 Å². The lowest BCUT2D eigenvalue weighted by atomic mass is 9.91. The van der Waals surface area contributed by atoms with Crippen molar-refractivity contribution in [2.75, 3.05) is 18.4 Å². The Labute approximate surface area is 183 Å². The molecule has 1 aliphatic heterocycles. The van der Waals surface area contributed by atoms with E-state index >= 15 is 0 Å². The molecule has 1 amide bonds. The zero-order chi connectivity index (χ0) is 22.0. The zero-order valence-corrected chi connectivity index (χ0v) is 17.6. The molecule has 0 saturated carbocycles. The van der Waals surface area contributed by atoms with E-state index in [-0.39, 0.29) is 22.3 Å². The molecule has 3 heterocycles. The van der Waals surface area contributed by atoms with Gasteiger partial charge in [0.05, 0.1) is 10.6 Å². The number of aromatic nitrogens is 3. The van der Waals surface area contributed by atoms with Crippen LogP contribution in [0.1, 0.15) is 34.6 Å². The quantitative estimate of drug-likeness (QED) is 0.590. The van der Waals surface area contributed by atoms with Gasteiger partial charge < -0.3 is 10.2 Å². The van der Waals surface area contributed by atoms with Crippen molar-refractivity contribution in [2.45, 2.75) is 26.2 Å². The number of halogens is 3. The number of aromatic amines is 1. The monoisotopic (exact) mass is 444 g/mol. The summed E-state index contributed by atoms with van der Waals surface area (Å²) in [5.41, 5.74) is 1.57. The molecule has 2 aromatic heterocycles. The van der Waals surface area contributed by atoms with Crippen LogP contribution in [0.15, 0.2) is 36.4 Å². The normalized spacial score (nSPS) is 14.6. The molecule has 6 nitrogen and oxygen atoms in total. The number of carbonyl (C=O) groups is 1. The predicted octanol–water partition coefficient (Wildman–Crippen LogP) is 4.84. The van der Waals surface area contributed by atoms with Crippen molar-refractivity contribution < 1.29 is 13.6 Å². The van der Waals surface area contributed by atoms with E-state index in [1.54, 1.807) is 23.1 Å². The summed E-state index contributed by atoms with van der Waals surface area (Å²) in [6.07, 6.45) is 1.94. The molecular formula is C22H21ClF2N5O. The molecule has 3 aromatic rings. The number of amides is 1. The van der Waals surface area contributed by atoms with Crippen LogP contribution in [0.3, 0.4) is 0 Å². The molecule has 9 heteroatoms. The number of hydrogen-bond donors (Lipinski definition) is 2. The minimum Gasteiger partial charge on any atom is -0.339 e. The molecule has 2 N–H and O–H groups in total. The molecule has 0 bridgehead atoms. The Morgan fingerprint density at radius 1 is 1.23 bits per heavy atom. The van der Waals surface area contributed by atoms with Gasteiger partial charge in [-0.1, -0.05) is 17.7 Å². The lowest BCUT2D eigenvalue weighted by molar-refractivity contribution is 0.0728. The van der Waals surface area contributed by atoms with Crippen molar-refractivity contribution in [3.05, 3.63) is 75.9 Å². The van der Waals surface area contributed by atoms with Crippen LogP contribution < -0.4 is 5.32 Å². The van der Waals surface area contributed by atoms with Crippen LogP contribution in [0.2, 0.25) is 5.02 Å². The smallest absolute Gasteiger partial charge is 0.256 e. The summed E-state index contributed by atoms with van der Waals surface area (Å²) in [5.74, 6) is 0.309. The van der Waals surface area contributed by atoms with Gasteiger partial charge in [-0.2, -0.15) is 5.10 Å². The molecule has 1 radical (unpaired) electrons. The van der Waals surface area contributed by atoms with E-state index in [0.717, 1.165) is 11.4 Å². The average molecular weight is 445 g/mol. The van der Waals surface area contributed by atoms with E-state index in [1.807, 2.05) is 6.92 Å². The number of carbonyl (C=O) groups excluding carboxylic acids is 1. The Hall–Kier alpha value is -3.00. The average Bonchev–Trinajstić information content (AvgIpc) is 3.17. The minimum absolute atomic E-state index is 0.0135. The van der Waals surface area contributed by atoms with Gasteiger partial charge in [-0.15, -0.1) is 0 Å². The highest BCUT2D eigenvalue weighted by Gasteiger charge is 2.26. The lowest BCUT2D eigenvalue weighted by Gasteiger charge is -2.31. The summed E-state index contributed by atoms with van der Waals surface area (Å²) in [7, 11) is 0. The maximum absolute atomic E-state index is 14.2. The van der Waals surface area contributed by atoms with E-state index in [1.165, 1.54) is 24.1 Å². The fourth-order valence-corrected chi connectivity index (χ4v) is 3.74. The number of piperidine rings is 1. The van der Waals surface area contributed by atoms with Gasteiger partial charge in [-0.3, -0.25) is 9.89 Å². The molecule has 0 spiro atoms. The van der Waals surface area contributed by atoms with Crippen molar-refractivity contribution in [1.29, 1.82) is 0 Å². The third-order valence-electron chi connectivity index (χ3n) is 5.23. The van der Waals surface area contributed by atoms with Crippen LogP contribution >= 0.6 is 11.6 Å². The highest BCUT2D eigenvalue weighted by molar-refractivity contribution is 6.31. The van der Waals surface area contributed by atoms with Crippen LogP contribution in [0.5, 0.6) is 0 Å². The van der Waals surface area contributed by atoms with E-state index < -0.39 is 11.6 Å². The topological polar surface area (TPSA) is 73.9 Å². The van der Waals surface area contributed by atoms with Gasteiger partial charge in [0.15, 0.2) is 23.3 Å². The molecule has 0 atom stereocenters. The molecular weight excluding hydrogens is 424 g/mol. The SMILES string of the molecule is Cc1cc(Nc2nc(C[C]3CCN(C(=O)c4cccc(Cl)c4F)CC3)ccc2F)n[nH]1. The number of benzene rings is 1. The first kappa shape index (κ1) is 21.2. The van der Waals surface area contributed by atoms with Crippen LogP contribution in [0.4, 0.5) is 20.4 Å². The second-order valence-corrected chi connectivity index (χ2v) is 7.92. The Morgan fingerprint density at radius 3 is 2.71 bits per heavy atom. The number of anilines is 2. The van der Waals surface area contributed by atoms with Gasteiger partial charge in [0, 0.05) is 30.5 Å². The van der Waals surface area contributed by atoms with Gasteiger partial charge in [0.2, 0.25) is 0 Å². The molecule has 1 fully saturated rings. The number of nitrogens with one attached hydrogen (secondary N) is 2. The predicted molar refractivity (Wildman–Crippen MR) is 114 cm³/mol. The Bertz CT molecular complexity index is 1100. The second-order valence-electron chi connectivity index (χ2n) is 7.51. The van der Waals surface area contributed by atoms with E-state index in [4.69, 9.17) is 11.6 Å². The van der Waals surface area contributed by atoms with Crippen molar-refractivity contribution in [3.63, 3.8) is 0 Å². The van der Waals surface area contributed by atoms with Crippen LogP contribution in [0, 0.1) is 24.5 Å². The summed E-state index contributed by atoms with van der Waals surface area (Å²) >= 11 is 5.79. The summed E-state index contributed by atoms with van der Waals surface area (Å²) in [6, 6.07) is 9.23. The number of pyridine rings is 1. The minimum atomic E-state index is -0.688. The Balaban J connectivity index is 1.37. The van der Waals surface area contributed by atoms with Gasteiger partial charge in [0.25, 0.3) is 5.91 Å². The third kappa shape index (κ3) is 4.85. The number of H-pyrrole nitrogens is 1. The fraction of sp³-hybridized carbons (Fsp3) is 0.273. The molecule has 161 valence electrons. The van der Waals surface area contributed by atoms with Crippen LogP contribution in [-0.4, -0.2) is 39.1 Å². The van der Waals surface area contributed by atoms with E-state index in [9.17, 15) is 13.6 Å².